The SMILES string of the molecule is CCCNc1ccc(C(=O)O)c(C(F)(F)F)n1. The van der Waals surface area contributed by atoms with Gasteiger partial charge in [0.05, 0.1) is 5.56 Å². The zero-order valence-corrected chi connectivity index (χ0v) is 9.01. The van der Waals surface area contributed by atoms with Crippen molar-refractivity contribution in [2.24, 2.45) is 0 Å². The minimum Gasteiger partial charge on any atom is -0.478 e. The maximum absolute atomic E-state index is 12.6. The standard InChI is InChI=1S/C10H11F3N2O2/c1-2-5-14-7-4-3-6(9(16)17)8(15-7)10(11,12)13/h3-4H,2,5H2,1H3,(H,14,15)(H,16,17). The fourth-order valence-corrected chi connectivity index (χ4v) is 1.20. The summed E-state index contributed by atoms with van der Waals surface area (Å²) in [6.45, 7) is 2.32. The van der Waals surface area contributed by atoms with Crippen LogP contribution in [-0.2, 0) is 6.18 Å². The summed E-state index contributed by atoms with van der Waals surface area (Å²) < 4.78 is 37.7. The summed E-state index contributed by atoms with van der Waals surface area (Å²) in [5.41, 5.74) is -2.23. The minimum absolute atomic E-state index is 0.0178. The number of carboxylic acid groups (broad SMARTS) is 1. The van der Waals surface area contributed by atoms with Crippen molar-refractivity contribution in [2.75, 3.05) is 11.9 Å². The van der Waals surface area contributed by atoms with Gasteiger partial charge in [0, 0.05) is 6.54 Å². The normalized spacial score (nSPS) is 11.3. The highest BCUT2D eigenvalue weighted by molar-refractivity contribution is 5.89. The number of aromatic carboxylic acids is 1. The Morgan fingerprint density at radius 1 is 1.47 bits per heavy atom. The van der Waals surface area contributed by atoms with Gasteiger partial charge in [0.2, 0.25) is 0 Å². The second kappa shape index (κ2) is 5.03. The predicted octanol–water partition coefficient (Wildman–Crippen LogP) is 2.62. The van der Waals surface area contributed by atoms with Crippen LogP contribution in [0.5, 0.6) is 0 Å². The van der Waals surface area contributed by atoms with Crippen LogP contribution >= 0.6 is 0 Å². The van der Waals surface area contributed by atoms with Gasteiger partial charge in [-0.05, 0) is 18.6 Å². The van der Waals surface area contributed by atoms with Gasteiger partial charge in [-0.3, -0.25) is 0 Å². The monoisotopic (exact) mass is 248 g/mol. The number of hydrogen-bond acceptors (Lipinski definition) is 3. The molecule has 0 radical (unpaired) electrons. The number of anilines is 1. The number of carbonyl (C=O) groups is 1. The second-order valence-corrected chi connectivity index (χ2v) is 3.32. The molecule has 0 amide bonds. The van der Waals surface area contributed by atoms with E-state index in [9.17, 15) is 18.0 Å². The molecule has 1 aromatic heterocycles. The van der Waals surface area contributed by atoms with Crippen molar-refractivity contribution in [2.45, 2.75) is 19.5 Å². The molecule has 94 valence electrons. The number of aromatic nitrogens is 1. The molecule has 0 atom stereocenters. The zero-order chi connectivity index (χ0) is 13.1. The molecule has 2 N–H and O–H groups in total. The first kappa shape index (κ1) is 13.3. The number of pyridine rings is 1. The fourth-order valence-electron chi connectivity index (χ4n) is 1.20. The van der Waals surface area contributed by atoms with E-state index in [0.29, 0.717) is 6.54 Å². The molecule has 4 nitrogen and oxygen atoms in total. The average Bonchev–Trinajstić information content (AvgIpc) is 2.24. The fraction of sp³-hybridized carbons (Fsp3) is 0.400. The predicted molar refractivity (Wildman–Crippen MR) is 55.0 cm³/mol. The molecule has 0 bridgehead atoms. The summed E-state index contributed by atoms with van der Waals surface area (Å²) in [5, 5.41) is 11.3. The first-order valence-corrected chi connectivity index (χ1v) is 4.91. The van der Waals surface area contributed by atoms with E-state index in [2.05, 4.69) is 10.3 Å². The highest BCUT2D eigenvalue weighted by Crippen LogP contribution is 2.31. The Morgan fingerprint density at radius 2 is 2.12 bits per heavy atom. The molecule has 0 aromatic carbocycles. The molecule has 17 heavy (non-hydrogen) atoms. The lowest BCUT2D eigenvalue weighted by molar-refractivity contribution is -0.141. The van der Waals surface area contributed by atoms with Gasteiger partial charge in [-0.1, -0.05) is 6.92 Å². The number of rotatable bonds is 4. The summed E-state index contributed by atoms with van der Waals surface area (Å²) in [5.74, 6) is -1.63. The molecule has 0 aliphatic rings. The van der Waals surface area contributed by atoms with Gasteiger partial charge in [-0.15, -0.1) is 0 Å². The third-order valence-electron chi connectivity index (χ3n) is 1.95. The molecule has 0 unspecified atom stereocenters. The quantitative estimate of drug-likeness (QED) is 0.859. The molecule has 0 aliphatic heterocycles. The van der Waals surface area contributed by atoms with E-state index in [1.165, 1.54) is 6.07 Å². The highest BCUT2D eigenvalue weighted by atomic mass is 19.4. The van der Waals surface area contributed by atoms with Crippen molar-refractivity contribution in [3.8, 4) is 0 Å². The molecule has 1 aromatic rings. The van der Waals surface area contributed by atoms with Crippen LogP contribution in [0.3, 0.4) is 0 Å². The summed E-state index contributed by atoms with van der Waals surface area (Å²) in [7, 11) is 0. The van der Waals surface area contributed by atoms with Crippen LogP contribution < -0.4 is 5.32 Å². The first-order valence-electron chi connectivity index (χ1n) is 4.91. The molecule has 0 aliphatic carbocycles. The summed E-state index contributed by atoms with van der Waals surface area (Å²) in [6, 6.07) is 2.12. The van der Waals surface area contributed by atoms with Gasteiger partial charge in [0.25, 0.3) is 0 Å². The van der Waals surface area contributed by atoms with Gasteiger partial charge in [0.15, 0.2) is 5.69 Å². The van der Waals surface area contributed by atoms with E-state index in [4.69, 9.17) is 5.11 Å². The van der Waals surface area contributed by atoms with Crippen LogP contribution in [0.15, 0.2) is 12.1 Å². The van der Waals surface area contributed by atoms with Crippen molar-refractivity contribution in [3.63, 3.8) is 0 Å². The van der Waals surface area contributed by atoms with E-state index in [1.54, 1.807) is 0 Å². The van der Waals surface area contributed by atoms with Gasteiger partial charge in [-0.25, -0.2) is 9.78 Å². The third kappa shape index (κ3) is 3.33. The Kier molecular flexibility index (Phi) is 3.93. The zero-order valence-electron chi connectivity index (χ0n) is 9.01. The molecule has 1 heterocycles. The summed E-state index contributed by atoms with van der Waals surface area (Å²) in [4.78, 5) is 13.9. The van der Waals surface area contributed by atoms with Crippen LogP contribution in [0.2, 0.25) is 0 Å². The third-order valence-corrected chi connectivity index (χ3v) is 1.95. The number of hydrogen-bond donors (Lipinski definition) is 2. The Bertz CT molecular complexity index is 419. The van der Waals surface area contributed by atoms with E-state index < -0.39 is 23.4 Å². The van der Waals surface area contributed by atoms with Crippen molar-refractivity contribution in [1.29, 1.82) is 0 Å². The molecule has 0 fully saturated rings. The Hall–Kier alpha value is -1.79. The molecular formula is C10H11F3N2O2. The van der Waals surface area contributed by atoms with E-state index >= 15 is 0 Å². The number of nitrogens with zero attached hydrogens (tertiary/aromatic N) is 1. The Morgan fingerprint density at radius 3 is 2.59 bits per heavy atom. The van der Waals surface area contributed by atoms with Crippen molar-refractivity contribution >= 4 is 11.8 Å². The van der Waals surface area contributed by atoms with E-state index in [0.717, 1.165) is 12.5 Å². The molecule has 1 rings (SSSR count). The molecule has 0 spiro atoms. The second-order valence-electron chi connectivity index (χ2n) is 3.32. The van der Waals surface area contributed by atoms with Crippen molar-refractivity contribution in [1.82, 2.24) is 4.98 Å². The Balaban J connectivity index is 3.15. The minimum atomic E-state index is -4.78. The topological polar surface area (TPSA) is 62.2 Å². The van der Waals surface area contributed by atoms with Crippen molar-refractivity contribution in [3.05, 3.63) is 23.4 Å². The lowest BCUT2D eigenvalue weighted by atomic mass is 10.2. The van der Waals surface area contributed by atoms with Gasteiger partial charge < -0.3 is 10.4 Å². The summed E-state index contributed by atoms with van der Waals surface area (Å²) >= 11 is 0. The van der Waals surface area contributed by atoms with Crippen LogP contribution in [0.25, 0.3) is 0 Å². The molecular weight excluding hydrogens is 237 g/mol. The number of halogens is 3. The molecule has 0 saturated heterocycles. The maximum Gasteiger partial charge on any atom is 0.434 e. The van der Waals surface area contributed by atoms with Crippen LogP contribution in [0.4, 0.5) is 19.0 Å². The number of alkyl halides is 3. The number of carboxylic acids is 1. The largest absolute Gasteiger partial charge is 0.478 e. The average molecular weight is 248 g/mol. The van der Waals surface area contributed by atoms with E-state index in [1.807, 2.05) is 6.92 Å². The summed E-state index contributed by atoms with van der Waals surface area (Å²) in [6.07, 6.45) is -4.05. The molecule has 7 heteroatoms. The highest BCUT2D eigenvalue weighted by Gasteiger charge is 2.37. The Labute approximate surface area is 95.5 Å². The molecule has 0 saturated carbocycles. The van der Waals surface area contributed by atoms with Crippen LogP contribution in [-0.4, -0.2) is 22.6 Å². The lowest BCUT2D eigenvalue weighted by Crippen LogP contribution is -2.16. The van der Waals surface area contributed by atoms with Gasteiger partial charge in [-0.2, -0.15) is 13.2 Å². The van der Waals surface area contributed by atoms with E-state index in [-0.39, 0.29) is 5.82 Å². The number of nitrogens with one attached hydrogen (secondary N) is 1. The first-order chi connectivity index (χ1) is 7.86. The van der Waals surface area contributed by atoms with Gasteiger partial charge in [0.1, 0.15) is 5.82 Å². The van der Waals surface area contributed by atoms with Crippen LogP contribution in [0.1, 0.15) is 29.4 Å². The van der Waals surface area contributed by atoms with Crippen LogP contribution in [0, 0.1) is 0 Å². The smallest absolute Gasteiger partial charge is 0.434 e. The lowest BCUT2D eigenvalue weighted by Gasteiger charge is -2.11. The van der Waals surface area contributed by atoms with Gasteiger partial charge >= 0.3 is 12.1 Å². The van der Waals surface area contributed by atoms with Crippen molar-refractivity contribution < 1.29 is 23.1 Å². The maximum atomic E-state index is 12.6.